The van der Waals surface area contributed by atoms with Gasteiger partial charge in [0.1, 0.15) is 29.6 Å². The number of hydrogen-bond acceptors (Lipinski definition) is 11. The molecule has 3 saturated heterocycles. The minimum atomic E-state index is -0.444. The molecule has 4 fully saturated rings. The number of aromatic nitrogens is 5. The van der Waals surface area contributed by atoms with E-state index >= 15 is 0 Å². The molecule has 1 aliphatic carbocycles. The predicted octanol–water partition coefficient (Wildman–Crippen LogP) is 5.29. The zero-order valence-electron chi connectivity index (χ0n) is 31.0. The number of urea groups is 1. The van der Waals surface area contributed by atoms with Gasteiger partial charge in [0.05, 0.1) is 27.6 Å². The Hall–Kier alpha value is -5.04. The van der Waals surface area contributed by atoms with Crippen molar-refractivity contribution in [1.82, 2.24) is 40.0 Å². The van der Waals surface area contributed by atoms with E-state index in [1.807, 2.05) is 12.3 Å². The molecule has 56 heavy (non-hydrogen) atoms. The van der Waals surface area contributed by atoms with E-state index in [4.69, 9.17) is 21.6 Å². The number of nitrogens with zero attached hydrogens (tertiary/aromatic N) is 9. The van der Waals surface area contributed by atoms with Gasteiger partial charge < -0.3 is 24.4 Å². The zero-order valence-corrected chi connectivity index (χ0v) is 32.6. The molecule has 4 aliphatic rings. The summed E-state index contributed by atoms with van der Waals surface area (Å²) >= 11 is 6.15. The average molecular weight is 803 g/mol. The van der Waals surface area contributed by atoms with Gasteiger partial charge in [-0.2, -0.15) is 5.26 Å². The van der Waals surface area contributed by atoms with Crippen molar-refractivity contribution in [2.24, 2.45) is 5.92 Å². The van der Waals surface area contributed by atoms with E-state index in [1.54, 1.807) is 30.6 Å². The van der Waals surface area contributed by atoms with Gasteiger partial charge in [-0.05, 0) is 75.5 Å². The van der Waals surface area contributed by atoms with Crippen molar-refractivity contribution >= 4 is 64.7 Å². The first-order chi connectivity index (χ1) is 26.8. The number of likely N-dealkylation sites (tertiary alicyclic amines) is 1. The highest BCUT2D eigenvalue weighted by molar-refractivity contribution is 6.31. The van der Waals surface area contributed by atoms with Crippen LogP contribution in [0.15, 0.2) is 49.2 Å². The minimum Gasteiger partial charge on any atom is -0.490 e. The van der Waals surface area contributed by atoms with E-state index in [9.17, 15) is 14.4 Å². The van der Waals surface area contributed by atoms with Gasteiger partial charge in [0.2, 0.25) is 11.9 Å². The van der Waals surface area contributed by atoms with Crippen LogP contribution in [0.25, 0.3) is 11.0 Å². The first-order valence-electron chi connectivity index (χ1n) is 19.2. The van der Waals surface area contributed by atoms with Gasteiger partial charge in [-0.3, -0.25) is 19.8 Å². The highest BCUT2D eigenvalue weighted by Crippen LogP contribution is 2.32. The molecular formula is C39H45Cl2N11O4. The summed E-state index contributed by atoms with van der Waals surface area (Å²) in [5, 5.41) is 15.8. The first-order valence-corrected chi connectivity index (χ1v) is 19.6. The van der Waals surface area contributed by atoms with Crippen molar-refractivity contribution in [3.05, 3.63) is 65.3 Å². The van der Waals surface area contributed by atoms with Gasteiger partial charge in [-0.15, -0.1) is 12.4 Å². The fourth-order valence-electron chi connectivity index (χ4n) is 8.34. The summed E-state index contributed by atoms with van der Waals surface area (Å²) in [5.41, 5.74) is 1.70. The van der Waals surface area contributed by atoms with Gasteiger partial charge >= 0.3 is 6.03 Å². The molecule has 3 aromatic heterocycles. The molecule has 1 aromatic carbocycles. The summed E-state index contributed by atoms with van der Waals surface area (Å²) in [7, 11) is 0. The molecule has 2 N–H and O–H groups in total. The number of nitrogens with one attached hydrogen (secondary N) is 2. The van der Waals surface area contributed by atoms with Crippen molar-refractivity contribution < 1.29 is 19.1 Å². The second kappa shape index (κ2) is 17.4. The number of fused-ring (bicyclic) bond motifs is 1. The Bertz CT molecular complexity index is 2080. The standard InChI is InChI=1S/C39H44ClN11O4.ClH/c40-33-19-31(4-1-26(33)20-41)55-30-5-2-28(3-6-30)46-37(53)27-21-42-38(43-22-27)49-15-7-25(8-16-49)23-48-13-9-29(10-14-48)50-17-11-32-35(50)44-24-45-36(32)51-18-12-34(52)47-39(51)54;/h1,4,11,17,19,21-22,24-25,28-30H,2-3,5-10,12-16,18,23H2,(H,46,53)(H,47,52,54);1H. The maximum absolute atomic E-state index is 13.0. The van der Waals surface area contributed by atoms with Crippen molar-refractivity contribution in [2.75, 3.05) is 49.1 Å². The van der Waals surface area contributed by atoms with Crippen LogP contribution < -0.4 is 25.2 Å². The Morgan fingerprint density at radius 2 is 1.70 bits per heavy atom. The molecule has 1 saturated carbocycles. The lowest BCUT2D eigenvalue weighted by Crippen LogP contribution is -2.50. The number of carbonyl (C=O) groups excluding carboxylic acids is 3. The molecule has 0 atom stereocenters. The Kier molecular flexibility index (Phi) is 12.2. The number of anilines is 2. The number of nitriles is 1. The molecule has 8 rings (SSSR count). The molecule has 0 bridgehead atoms. The van der Waals surface area contributed by atoms with E-state index in [0.717, 1.165) is 95.1 Å². The lowest BCUT2D eigenvalue weighted by Gasteiger charge is -2.38. The third kappa shape index (κ3) is 8.67. The van der Waals surface area contributed by atoms with Gasteiger partial charge in [0.15, 0.2) is 0 Å². The quantitative estimate of drug-likeness (QED) is 0.225. The molecular weight excluding hydrogens is 757 g/mol. The minimum absolute atomic E-state index is 0. The smallest absolute Gasteiger partial charge is 0.329 e. The molecule has 4 amide bonds. The number of carbonyl (C=O) groups is 3. The number of rotatable bonds is 9. The Morgan fingerprint density at radius 1 is 0.946 bits per heavy atom. The van der Waals surface area contributed by atoms with Gasteiger partial charge in [0.25, 0.3) is 5.91 Å². The highest BCUT2D eigenvalue weighted by atomic mass is 35.5. The normalized spacial score (nSPS) is 21.3. The molecule has 294 valence electrons. The SMILES string of the molecule is Cl.N#Cc1ccc(OC2CCC(NC(=O)c3cnc(N4CCC(CN5CCC(n6ccc7c(N8CCC(=O)NC8=O)ncnc76)CC5)CC4)nc3)CC2)cc1Cl. The van der Waals surface area contributed by atoms with Crippen LogP contribution in [0.2, 0.25) is 5.02 Å². The number of benzene rings is 1. The maximum Gasteiger partial charge on any atom is 0.329 e. The van der Waals surface area contributed by atoms with Crippen LogP contribution in [-0.2, 0) is 4.79 Å². The molecule has 15 nitrogen and oxygen atoms in total. The summed E-state index contributed by atoms with van der Waals surface area (Å²) in [5.74, 6) is 2.02. The summed E-state index contributed by atoms with van der Waals surface area (Å²) in [6, 6.07) is 9.07. The first kappa shape index (κ1) is 39.2. The maximum atomic E-state index is 13.0. The Balaban J connectivity index is 0.00000480. The van der Waals surface area contributed by atoms with E-state index < -0.39 is 6.03 Å². The predicted molar refractivity (Wildman–Crippen MR) is 212 cm³/mol. The summed E-state index contributed by atoms with van der Waals surface area (Å²) in [6.07, 6.45) is 14.5. The van der Waals surface area contributed by atoms with Crippen molar-refractivity contribution in [3.63, 3.8) is 0 Å². The average Bonchev–Trinajstić information content (AvgIpc) is 3.64. The van der Waals surface area contributed by atoms with Crippen molar-refractivity contribution in [1.29, 1.82) is 5.26 Å². The van der Waals surface area contributed by atoms with Crippen LogP contribution in [-0.4, -0.2) is 98.7 Å². The molecule has 3 aliphatic heterocycles. The van der Waals surface area contributed by atoms with E-state index in [0.29, 0.717) is 52.2 Å². The summed E-state index contributed by atoms with van der Waals surface area (Å²) in [6.45, 7) is 5.16. The second-order valence-corrected chi connectivity index (χ2v) is 15.4. The van der Waals surface area contributed by atoms with Crippen LogP contribution in [0.1, 0.15) is 79.8 Å². The molecule has 17 heteroatoms. The van der Waals surface area contributed by atoms with Gasteiger partial charge in [-0.25, -0.2) is 24.7 Å². The van der Waals surface area contributed by atoms with E-state index in [1.165, 1.54) is 11.2 Å². The number of halogens is 2. The highest BCUT2D eigenvalue weighted by Gasteiger charge is 2.30. The van der Waals surface area contributed by atoms with Gasteiger partial charge in [-0.1, -0.05) is 11.6 Å². The van der Waals surface area contributed by atoms with Crippen LogP contribution >= 0.6 is 24.0 Å². The number of ether oxygens (including phenoxy) is 1. The molecule has 6 heterocycles. The number of piperidine rings is 2. The van der Waals surface area contributed by atoms with Crippen LogP contribution in [0.5, 0.6) is 5.75 Å². The molecule has 0 spiro atoms. The third-order valence-corrected chi connectivity index (χ3v) is 11.7. The van der Waals surface area contributed by atoms with Crippen molar-refractivity contribution in [2.45, 2.75) is 76.0 Å². The summed E-state index contributed by atoms with van der Waals surface area (Å²) < 4.78 is 8.31. The number of hydrogen-bond donors (Lipinski definition) is 2. The lowest BCUT2D eigenvalue weighted by molar-refractivity contribution is -0.120. The fourth-order valence-corrected chi connectivity index (χ4v) is 8.55. The number of imide groups is 1. The second-order valence-electron chi connectivity index (χ2n) is 15.0. The Morgan fingerprint density at radius 3 is 2.39 bits per heavy atom. The molecule has 4 aromatic rings. The van der Waals surface area contributed by atoms with Gasteiger partial charge in [0, 0.05) is 82.4 Å². The largest absolute Gasteiger partial charge is 0.490 e. The Labute approximate surface area is 336 Å². The van der Waals surface area contributed by atoms with E-state index in [-0.39, 0.29) is 42.8 Å². The fraction of sp³-hybridized carbons (Fsp3) is 0.487. The van der Waals surface area contributed by atoms with Crippen LogP contribution in [0.3, 0.4) is 0 Å². The monoisotopic (exact) mass is 801 g/mol. The zero-order chi connectivity index (χ0) is 37.9. The van der Waals surface area contributed by atoms with Crippen molar-refractivity contribution in [3.8, 4) is 11.8 Å². The number of amides is 4. The molecule has 0 unspecified atom stereocenters. The lowest BCUT2D eigenvalue weighted by atomic mass is 9.92. The third-order valence-electron chi connectivity index (χ3n) is 11.4. The topological polar surface area (TPSA) is 174 Å². The van der Waals surface area contributed by atoms with Crippen LogP contribution in [0, 0.1) is 17.2 Å². The summed E-state index contributed by atoms with van der Waals surface area (Å²) in [4.78, 5) is 61.6. The van der Waals surface area contributed by atoms with Crippen LogP contribution in [0.4, 0.5) is 16.6 Å². The molecule has 0 radical (unpaired) electrons. The van der Waals surface area contributed by atoms with E-state index in [2.05, 4.69) is 51.0 Å².